The van der Waals surface area contributed by atoms with E-state index in [0.717, 1.165) is 22.8 Å². The number of nitro benzene ring substituents is 1. The van der Waals surface area contributed by atoms with Gasteiger partial charge in [-0.15, -0.1) is 0 Å². The zero-order valence-electron chi connectivity index (χ0n) is 15.5. The molecule has 1 fully saturated rings. The van der Waals surface area contributed by atoms with Gasteiger partial charge in [0, 0.05) is 17.7 Å². The molecular weight excluding hydrogens is 430 g/mol. The van der Waals surface area contributed by atoms with Gasteiger partial charge < -0.3 is 9.84 Å². The van der Waals surface area contributed by atoms with Gasteiger partial charge >= 0.3 is 0 Å². The average molecular weight is 445 g/mol. The molecule has 2 aromatic carbocycles. The number of ether oxygens (including phenoxy) is 1. The fourth-order valence-electron chi connectivity index (χ4n) is 2.53. The number of amides is 2. The minimum Gasteiger partial charge on any atom is -0.504 e. The summed E-state index contributed by atoms with van der Waals surface area (Å²) in [6, 6.07) is 9.75. The number of phenolic OH excluding ortho intramolecular Hbond substituents is 1. The summed E-state index contributed by atoms with van der Waals surface area (Å²) in [7, 11) is 0. The van der Waals surface area contributed by atoms with E-state index in [0.29, 0.717) is 12.2 Å². The normalized spacial score (nSPS) is 14.8. The molecule has 2 aromatic rings. The molecule has 0 aliphatic carbocycles. The Labute approximate surface area is 180 Å². The summed E-state index contributed by atoms with van der Waals surface area (Å²) >= 11 is 6.16. The molecule has 0 saturated carbocycles. The lowest BCUT2D eigenvalue weighted by atomic mass is 10.2. The Balaban J connectivity index is 1.79. The van der Waals surface area contributed by atoms with Gasteiger partial charge in [-0.05, 0) is 49.0 Å². The number of rotatable bonds is 6. The molecule has 30 heavy (non-hydrogen) atoms. The van der Waals surface area contributed by atoms with Crippen molar-refractivity contribution in [1.29, 1.82) is 0 Å². The highest BCUT2D eigenvalue weighted by Gasteiger charge is 2.34. The molecule has 11 heteroatoms. The quantitative estimate of drug-likeness (QED) is 0.301. The molecule has 1 aliphatic heterocycles. The van der Waals surface area contributed by atoms with Crippen LogP contribution in [0.25, 0.3) is 6.08 Å². The second-order valence-electron chi connectivity index (χ2n) is 5.93. The average Bonchev–Trinajstić information content (AvgIpc) is 2.98. The maximum atomic E-state index is 12.7. The van der Waals surface area contributed by atoms with Gasteiger partial charge in [0.1, 0.15) is 0 Å². The standard InChI is InChI=1S/C19H15N3O6S2/c1-2-28-15-8-11(6-7-14(15)23)9-16-18(25)21(19(29)30-16)20-17(24)12-4-3-5-13(10-12)22(26)27/h3-10,23H,2H2,1H3,(H,20,24). The Bertz CT molecular complexity index is 1090. The maximum absolute atomic E-state index is 12.7. The molecule has 1 aliphatic rings. The number of hydrogen-bond acceptors (Lipinski definition) is 8. The molecule has 154 valence electrons. The molecule has 1 heterocycles. The van der Waals surface area contributed by atoms with E-state index in [1.165, 1.54) is 24.3 Å². The van der Waals surface area contributed by atoms with Crippen molar-refractivity contribution >= 4 is 51.9 Å². The number of nitrogens with zero attached hydrogens (tertiary/aromatic N) is 2. The van der Waals surface area contributed by atoms with E-state index >= 15 is 0 Å². The first-order valence-electron chi connectivity index (χ1n) is 8.59. The monoisotopic (exact) mass is 445 g/mol. The molecule has 0 unspecified atom stereocenters. The van der Waals surface area contributed by atoms with Gasteiger partial charge in [0.2, 0.25) is 0 Å². The number of nitrogens with one attached hydrogen (secondary N) is 1. The van der Waals surface area contributed by atoms with Crippen molar-refractivity contribution in [1.82, 2.24) is 10.4 Å². The van der Waals surface area contributed by atoms with Crippen molar-refractivity contribution in [3.8, 4) is 11.5 Å². The number of aromatic hydroxyl groups is 1. The van der Waals surface area contributed by atoms with Crippen LogP contribution < -0.4 is 10.2 Å². The molecule has 2 N–H and O–H groups in total. The third kappa shape index (κ3) is 4.58. The summed E-state index contributed by atoms with van der Waals surface area (Å²) in [6.45, 7) is 2.14. The van der Waals surface area contributed by atoms with Crippen LogP contribution in [0.2, 0.25) is 0 Å². The van der Waals surface area contributed by atoms with Gasteiger partial charge in [0.15, 0.2) is 15.8 Å². The molecule has 0 spiro atoms. The molecular formula is C19H15N3O6S2. The van der Waals surface area contributed by atoms with Crippen molar-refractivity contribution in [2.45, 2.75) is 6.92 Å². The molecule has 2 amide bonds. The molecule has 3 rings (SSSR count). The largest absolute Gasteiger partial charge is 0.504 e. The van der Waals surface area contributed by atoms with Gasteiger partial charge in [-0.3, -0.25) is 25.1 Å². The third-order valence-corrected chi connectivity index (χ3v) is 5.21. The highest BCUT2D eigenvalue weighted by Crippen LogP contribution is 2.33. The van der Waals surface area contributed by atoms with Crippen LogP contribution in [0.15, 0.2) is 47.4 Å². The fourth-order valence-corrected chi connectivity index (χ4v) is 3.71. The zero-order valence-corrected chi connectivity index (χ0v) is 17.2. The Morgan fingerprint density at radius 2 is 2.13 bits per heavy atom. The van der Waals surface area contributed by atoms with Crippen molar-refractivity contribution in [2.75, 3.05) is 6.61 Å². The third-order valence-electron chi connectivity index (χ3n) is 3.91. The van der Waals surface area contributed by atoms with Crippen LogP contribution in [0.1, 0.15) is 22.8 Å². The van der Waals surface area contributed by atoms with Crippen LogP contribution in [0.4, 0.5) is 5.69 Å². The molecule has 0 bridgehead atoms. The van der Waals surface area contributed by atoms with Crippen molar-refractivity contribution in [2.24, 2.45) is 0 Å². The number of carbonyl (C=O) groups excluding carboxylic acids is 2. The number of non-ortho nitro benzene ring substituents is 1. The van der Waals surface area contributed by atoms with Crippen LogP contribution in [0, 0.1) is 10.1 Å². The van der Waals surface area contributed by atoms with E-state index in [2.05, 4.69) is 5.43 Å². The lowest BCUT2D eigenvalue weighted by molar-refractivity contribution is -0.384. The highest BCUT2D eigenvalue weighted by atomic mass is 32.2. The lowest BCUT2D eigenvalue weighted by Gasteiger charge is -2.15. The first kappa shape index (κ1) is 21.3. The van der Waals surface area contributed by atoms with Crippen molar-refractivity contribution in [3.05, 3.63) is 68.6 Å². The minimum atomic E-state index is -0.709. The summed E-state index contributed by atoms with van der Waals surface area (Å²) < 4.78 is 5.43. The summed E-state index contributed by atoms with van der Waals surface area (Å²) in [5.41, 5.74) is 2.74. The second-order valence-corrected chi connectivity index (χ2v) is 7.60. The van der Waals surface area contributed by atoms with E-state index in [9.17, 15) is 24.8 Å². The smallest absolute Gasteiger partial charge is 0.285 e. The van der Waals surface area contributed by atoms with Crippen LogP contribution >= 0.6 is 24.0 Å². The van der Waals surface area contributed by atoms with Crippen molar-refractivity contribution < 1.29 is 24.4 Å². The topological polar surface area (TPSA) is 122 Å². The minimum absolute atomic E-state index is 0.0159. The summed E-state index contributed by atoms with van der Waals surface area (Å²) in [4.78, 5) is 35.6. The number of hydrazine groups is 1. The number of thiocarbonyl (C=S) groups is 1. The Kier molecular flexibility index (Phi) is 6.33. The second kappa shape index (κ2) is 8.93. The van der Waals surface area contributed by atoms with Crippen LogP contribution in [-0.2, 0) is 4.79 Å². The van der Waals surface area contributed by atoms with E-state index in [-0.39, 0.29) is 32.0 Å². The van der Waals surface area contributed by atoms with Gasteiger partial charge in [-0.2, -0.15) is 5.01 Å². The van der Waals surface area contributed by atoms with Gasteiger partial charge in [-0.25, -0.2) is 0 Å². The fraction of sp³-hybridized carbons (Fsp3) is 0.105. The molecule has 0 aromatic heterocycles. The lowest BCUT2D eigenvalue weighted by Crippen LogP contribution is -2.44. The highest BCUT2D eigenvalue weighted by molar-refractivity contribution is 8.26. The number of benzene rings is 2. The predicted octanol–water partition coefficient (Wildman–Crippen LogP) is 3.25. The van der Waals surface area contributed by atoms with E-state index in [1.54, 1.807) is 25.1 Å². The van der Waals surface area contributed by atoms with E-state index in [4.69, 9.17) is 17.0 Å². The van der Waals surface area contributed by atoms with Gasteiger partial charge in [-0.1, -0.05) is 23.9 Å². The first-order valence-corrected chi connectivity index (χ1v) is 9.82. The van der Waals surface area contributed by atoms with Gasteiger partial charge in [0.05, 0.1) is 16.4 Å². The number of thioether (sulfide) groups is 1. The predicted molar refractivity (Wildman–Crippen MR) is 115 cm³/mol. The number of phenols is 1. The summed E-state index contributed by atoms with van der Waals surface area (Å²) in [6.07, 6.45) is 1.56. The number of hydrogen-bond donors (Lipinski definition) is 2. The van der Waals surface area contributed by atoms with Crippen LogP contribution in [0.5, 0.6) is 11.5 Å². The SMILES string of the molecule is CCOc1cc(C=C2SC(=S)N(NC(=O)c3cccc([N+](=O)[O-])c3)C2=O)ccc1O. The molecule has 9 nitrogen and oxygen atoms in total. The van der Waals surface area contributed by atoms with Crippen LogP contribution in [-0.4, -0.2) is 37.8 Å². The molecule has 0 radical (unpaired) electrons. The van der Waals surface area contributed by atoms with Crippen LogP contribution in [0.3, 0.4) is 0 Å². The molecule has 1 saturated heterocycles. The maximum Gasteiger partial charge on any atom is 0.285 e. The first-order chi connectivity index (χ1) is 14.3. The van der Waals surface area contributed by atoms with E-state index < -0.39 is 16.7 Å². The number of nitro groups is 1. The Morgan fingerprint density at radius 3 is 2.83 bits per heavy atom. The summed E-state index contributed by atoms with van der Waals surface area (Å²) in [5, 5.41) is 21.6. The van der Waals surface area contributed by atoms with Crippen molar-refractivity contribution in [3.63, 3.8) is 0 Å². The Hall–Kier alpha value is -3.44. The number of carbonyl (C=O) groups is 2. The summed E-state index contributed by atoms with van der Waals surface area (Å²) in [5.74, 6) is -0.999. The van der Waals surface area contributed by atoms with Gasteiger partial charge in [0.25, 0.3) is 17.5 Å². The molecule has 0 atom stereocenters. The Morgan fingerprint density at radius 1 is 1.37 bits per heavy atom. The zero-order chi connectivity index (χ0) is 21.8. The van der Waals surface area contributed by atoms with E-state index in [1.807, 2.05) is 0 Å².